The first-order valence-electron chi connectivity index (χ1n) is 6.66. The molecule has 2 nitrogen and oxygen atoms in total. The van der Waals surface area contributed by atoms with Crippen molar-refractivity contribution < 1.29 is 31.9 Å². The van der Waals surface area contributed by atoms with Gasteiger partial charge in [0, 0.05) is 35.9 Å². The van der Waals surface area contributed by atoms with Gasteiger partial charge in [-0.2, -0.15) is 5.92 Å². The first-order valence-corrected chi connectivity index (χ1v) is 6.66. The summed E-state index contributed by atoms with van der Waals surface area (Å²) in [5.41, 5.74) is 0. The van der Waals surface area contributed by atoms with E-state index in [1.165, 1.54) is 51.4 Å². The molecule has 0 aliphatic heterocycles. The molecule has 0 rings (SSSR count). The van der Waals surface area contributed by atoms with E-state index < -0.39 is 0 Å². The van der Waals surface area contributed by atoms with Crippen molar-refractivity contribution in [2.45, 2.75) is 58.3 Å². The molecule has 3 heteroatoms. The zero-order valence-corrected chi connectivity index (χ0v) is 14.2. The minimum Gasteiger partial charge on any atom is -0.400 e. The Morgan fingerprint density at radius 2 is 1.33 bits per heavy atom. The van der Waals surface area contributed by atoms with Crippen LogP contribution in [0.2, 0.25) is 0 Å². The maximum atomic E-state index is 7.00. The number of unbranched alkanes of at least 4 members (excludes halogenated alkanes) is 6. The number of hydrogen-bond acceptors (Lipinski definition) is 2. The van der Waals surface area contributed by atoms with Crippen molar-refractivity contribution in [3.8, 4) is 0 Å². The van der Waals surface area contributed by atoms with Gasteiger partial charge in [0.1, 0.15) is 0 Å². The molecular formula is C15H33O2Ti-. The molecule has 0 heterocycles. The van der Waals surface area contributed by atoms with Crippen molar-refractivity contribution in [1.82, 2.24) is 0 Å². The average Bonchev–Trinajstić information content (AvgIpc) is 2.42. The largest absolute Gasteiger partial charge is 0.400 e. The zero-order chi connectivity index (χ0) is 13.9. The minimum absolute atomic E-state index is 0. The molecule has 0 aliphatic rings. The second kappa shape index (κ2) is 30.4. The Hall–Kier alpha value is 0.374. The number of aliphatic hydroxyl groups excluding tert-OH is 2. The Labute approximate surface area is 130 Å². The van der Waals surface area contributed by atoms with Crippen LogP contribution in [0.15, 0.2) is 12.7 Å². The predicted octanol–water partition coefficient (Wildman–Crippen LogP) is 3.98. The van der Waals surface area contributed by atoms with Crippen LogP contribution in [0.3, 0.4) is 0 Å². The Kier molecular flexibility index (Phi) is 45.4. The van der Waals surface area contributed by atoms with Crippen molar-refractivity contribution in [2.24, 2.45) is 5.92 Å². The van der Waals surface area contributed by atoms with Gasteiger partial charge in [-0.1, -0.05) is 58.3 Å². The predicted molar refractivity (Wildman–Crippen MR) is 77.9 cm³/mol. The van der Waals surface area contributed by atoms with Gasteiger partial charge >= 0.3 is 0 Å². The van der Waals surface area contributed by atoms with E-state index in [2.05, 4.69) is 20.4 Å². The van der Waals surface area contributed by atoms with E-state index in [0.717, 1.165) is 14.2 Å². The van der Waals surface area contributed by atoms with Crippen molar-refractivity contribution in [2.75, 3.05) is 14.2 Å². The summed E-state index contributed by atoms with van der Waals surface area (Å²) in [6.45, 7) is 9.98. The Bertz CT molecular complexity index is 119. The second-order valence-electron chi connectivity index (χ2n) is 3.91. The maximum absolute atomic E-state index is 7.00. The van der Waals surface area contributed by atoms with Crippen LogP contribution in [0.25, 0.3) is 0 Å². The summed E-state index contributed by atoms with van der Waals surface area (Å²) in [5.74, 6) is 0.468. The van der Waals surface area contributed by atoms with Crippen molar-refractivity contribution in [3.63, 3.8) is 0 Å². The third kappa shape index (κ3) is 29.9. The smallest absolute Gasteiger partial charge is 0.0319 e. The van der Waals surface area contributed by atoms with E-state index >= 15 is 0 Å². The first kappa shape index (κ1) is 26.8. The SMILES string of the molecule is C=CC([CH2-])CCCCCCCCC.CO.CO.[Ti]. The van der Waals surface area contributed by atoms with Crippen LogP contribution >= 0.6 is 0 Å². The van der Waals surface area contributed by atoms with Crippen LogP contribution < -0.4 is 0 Å². The summed E-state index contributed by atoms with van der Waals surface area (Å²) in [6, 6.07) is 0. The summed E-state index contributed by atoms with van der Waals surface area (Å²) in [6.07, 6.45) is 12.9. The quantitative estimate of drug-likeness (QED) is 0.292. The monoisotopic (exact) mass is 293 g/mol. The molecule has 1 unspecified atom stereocenters. The fraction of sp³-hybridized carbons (Fsp3) is 0.800. The topological polar surface area (TPSA) is 40.5 Å². The number of rotatable bonds is 9. The fourth-order valence-electron chi connectivity index (χ4n) is 1.48. The number of hydrogen-bond donors (Lipinski definition) is 2. The third-order valence-electron chi connectivity index (χ3n) is 2.51. The summed E-state index contributed by atoms with van der Waals surface area (Å²) < 4.78 is 0. The third-order valence-corrected chi connectivity index (χ3v) is 2.51. The molecule has 0 spiro atoms. The van der Waals surface area contributed by atoms with E-state index in [1.54, 1.807) is 0 Å². The van der Waals surface area contributed by atoms with Gasteiger partial charge in [-0.25, -0.2) is 0 Å². The molecular weight excluding hydrogens is 260 g/mol. The van der Waals surface area contributed by atoms with Crippen LogP contribution in [0.5, 0.6) is 0 Å². The van der Waals surface area contributed by atoms with Gasteiger partial charge in [-0.3, -0.25) is 0 Å². The molecule has 1 atom stereocenters. The molecule has 0 amide bonds. The molecule has 0 saturated carbocycles. The molecule has 0 radical (unpaired) electrons. The molecule has 110 valence electrons. The van der Waals surface area contributed by atoms with Crippen molar-refractivity contribution in [3.05, 3.63) is 19.6 Å². The molecule has 2 N–H and O–H groups in total. The van der Waals surface area contributed by atoms with Crippen LogP contribution in [0.4, 0.5) is 0 Å². The van der Waals surface area contributed by atoms with Gasteiger partial charge in [0.05, 0.1) is 0 Å². The molecule has 0 aromatic rings. The Morgan fingerprint density at radius 3 is 1.72 bits per heavy atom. The van der Waals surface area contributed by atoms with Gasteiger partial charge < -0.3 is 17.1 Å². The van der Waals surface area contributed by atoms with Crippen LogP contribution in [0, 0.1) is 12.8 Å². The normalized spacial score (nSPS) is 9.89. The van der Waals surface area contributed by atoms with Crippen molar-refractivity contribution >= 4 is 0 Å². The summed E-state index contributed by atoms with van der Waals surface area (Å²) in [5, 5.41) is 14.0. The van der Waals surface area contributed by atoms with E-state index in [1.807, 2.05) is 6.08 Å². The number of aliphatic hydroxyl groups is 2. The van der Waals surface area contributed by atoms with Gasteiger partial charge in [0.2, 0.25) is 0 Å². The van der Waals surface area contributed by atoms with E-state index in [0.29, 0.717) is 5.92 Å². The van der Waals surface area contributed by atoms with Crippen LogP contribution in [0.1, 0.15) is 58.3 Å². The molecule has 0 fully saturated rings. The number of allylic oxidation sites excluding steroid dienone is 1. The van der Waals surface area contributed by atoms with E-state index in [-0.39, 0.29) is 21.7 Å². The van der Waals surface area contributed by atoms with E-state index in [9.17, 15) is 0 Å². The Balaban J connectivity index is -0.000000177. The van der Waals surface area contributed by atoms with E-state index in [4.69, 9.17) is 10.2 Å². The molecule has 0 aromatic heterocycles. The summed E-state index contributed by atoms with van der Waals surface area (Å²) in [7, 11) is 2.00. The summed E-state index contributed by atoms with van der Waals surface area (Å²) in [4.78, 5) is 0. The average molecular weight is 293 g/mol. The Morgan fingerprint density at radius 1 is 0.944 bits per heavy atom. The molecule has 18 heavy (non-hydrogen) atoms. The van der Waals surface area contributed by atoms with Crippen molar-refractivity contribution in [1.29, 1.82) is 0 Å². The molecule has 0 aliphatic carbocycles. The molecule has 0 bridgehead atoms. The van der Waals surface area contributed by atoms with Gasteiger partial charge in [-0.05, 0) is 0 Å². The zero-order valence-electron chi connectivity index (χ0n) is 12.6. The minimum atomic E-state index is 0. The van der Waals surface area contributed by atoms with Gasteiger partial charge in [0.25, 0.3) is 0 Å². The first-order chi connectivity index (χ1) is 8.31. The van der Waals surface area contributed by atoms with Gasteiger partial charge in [0.15, 0.2) is 0 Å². The van der Waals surface area contributed by atoms with Gasteiger partial charge in [-0.15, -0.1) is 12.7 Å². The van der Waals surface area contributed by atoms with Crippen LogP contribution in [-0.4, -0.2) is 24.4 Å². The second-order valence-corrected chi connectivity index (χ2v) is 3.91. The maximum Gasteiger partial charge on any atom is 0.0319 e. The molecule has 0 saturated heterocycles. The standard InChI is InChI=1S/C13H25.2CH4O.Ti/c1-4-6-7-8-9-10-11-12-13(3)5-2;2*1-2;/h5,13H,2-4,6-12H2,1H3;2*2H,1H3;/q-1;;;. The molecule has 0 aromatic carbocycles. The summed E-state index contributed by atoms with van der Waals surface area (Å²) >= 11 is 0. The van der Waals surface area contributed by atoms with Crippen LogP contribution in [-0.2, 0) is 21.7 Å². The fourth-order valence-corrected chi connectivity index (χ4v) is 1.48.